The zero-order chi connectivity index (χ0) is 19.1. The number of aryl methyl sites for hydroxylation is 1. The Bertz CT molecular complexity index is 908. The Balaban J connectivity index is 1.75. The Morgan fingerprint density at radius 3 is 2.07 bits per heavy atom. The summed E-state index contributed by atoms with van der Waals surface area (Å²) in [4.78, 5) is 25.2. The minimum Gasteiger partial charge on any atom is -0.345 e. The highest BCUT2D eigenvalue weighted by Crippen LogP contribution is 2.20. The highest BCUT2D eigenvalue weighted by atomic mass is 16.2. The van der Waals surface area contributed by atoms with Crippen molar-refractivity contribution in [3.8, 4) is 0 Å². The van der Waals surface area contributed by atoms with Gasteiger partial charge in [0.2, 0.25) is 5.91 Å². The van der Waals surface area contributed by atoms with E-state index < -0.39 is 6.04 Å². The van der Waals surface area contributed by atoms with Crippen molar-refractivity contribution >= 4 is 17.5 Å². The predicted molar refractivity (Wildman–Crippen MR) is 108 cm³/mol. The van der Waals surface area contributed by atoms with Crippen LogP contribution in [-0.4, -0.2) is 11.8 Å². The van der Waals surface area contributed by atoms with Gasteiger partial charge >= 0.3 is 0 Å². The number of carbonyl (C=O) groups excluding carboxylic acids is 2. The van der Waals surface area contributed by atoms with Crippen LogP contribution in [0.15, 0.2) is 84.9 Å². The zero-order valence-corrected chi connectivity index (χ0v) is 15.2. The first-order chi connectivity index (χ1) is 13.1. The Hall–Kier alpha value is -3.40. The van der Waals surface area contributed by atoms with Gasteiger partial charge in [0.05, 0.1) is 12.5 Å². The van der Waals surface area contributed by atoms with Crippen LogP contribution in [0.1, 0.15) is 33.9 Å². The van der Waals surface area contributed by atoms with Gasteiger partial charge in [-0.2, -0.15) is 0 Å². The molecule has 27 heavy (non-hydrogen) atoms. The van der Waals surface area contributed by atoms with Gasteiger partial charge < -0.3 is 10.6 Å². The maximum Gasteiger partial charge on any atom is 0.251 e. The molecule has 0 fully saturated rings. The summed E-state index contributed by atoms with van der Waals surface area (Å²) in [6, 6.07) is 25.8. The van der Waals surface area contributed by atoms with Gasteiger partial charge in [0, 0.05) is 11.3 Å². The molecule has 1 unspecified atom stereocenters. The highest BCUT2D eigenvalue weighted by molar-refractivity contribution is 5.96. The van der Waals surface area contributed by atoms with Gasteiger partial charge in [0.25, 0.3) is 5.91 Å². The summed E-state index contributed by atoms with van der Waals surface area (Å²) in [6.45, 7) is 1.95. The largest absolute Gasteiger partial charge is 0.345 e. The van der Waals surface area contributed by atoms with E-state index in [2.05, 4.69) is 10.6 Å². The molecule has 0 spiro atoms. The summed E-state index contributed by atoms with van der Waals surface area (Å²) in [5.41, 5.74) is 3.23. The summed E-state index contributed by atoms with van der Waals surface area (Å²) in [7, 11) is 0. The van der Waals surface area contributed by atoms with Crippen molar-refractivity contribution in [1.29, 1.82) is 0 Å². The van der Waals surface area contributed by atoms with E-state index in [4.69, 9.17) is 0 Å². The van der Waals surface area contributed by atoms with E-state index >= 15 is 0 Å². The molecule has 2 N–H and O–H groups in total. The first-order valence-electron chi connectivity index (χ1n) is 8.90. The van der Waals surface area contributed by atoms with E-state index in [1.165, 1.54) is 0 Å². The topological polar surface area (TPSA) is 58.2 Å². The van der Waals surface area contributed by atoms with Crippen LogP contribution in [0.4, 0.5) is 5.69 Å². The molecule has 1 atom stereocenters. The first-order valence-corrected chi connectivity index (χ1v) is 8.90. The molecule has 0 saturated carbocycles. The third kappa shape index (κ3) is 5.05. The van der Waals surface area contributed by atoms with E-state index in [0.29, 0.717) is 5.56 Å². The van der Waals surface area contributed by atoms with Crippen molar-refractivity contribution in [3.63, 3.8) is 0 Å². The molecule has 4 nitrogen and oxygen atoms in total. The normalized spacial score (nSPS) is 11.4. The highest BCUT2D eigenvalue weighted by Gasteiger charge is 2.19. The van der Waals surface area contributed by atoms with E-state index in [1.807, 2.05) is 79.7 Å². The van der Waals surface area contributed by atoms with Crippen LogP contribution in [0.2, 0.25) is 0 Å². The second kappa shape index (κ2) is 8.81. The van der Waals surface area contributed by atoms with Gasteiger partial charge in [-0.3, -0.25) is 9.59 Å². The number of hydrogen-bond donors (Lipinski definition) is 2. The molecule has 0 aliphatic rings. The summed E-state index contributed by atoms with van der Waals surface area (Å²) in [6.07, 6.45) is 0.150. The molecule has 2 amide bonds. The lowest BCUT2D eigenvalue weighted by Gasteiger charge is -2.19. The average Bonchev–Trinajstić information content (AvgIpc) is 2.70. The molecular weight excluding hydrogens is 336 g/mol. The fourth-order valence-corrected chi connectivity index (χ4v) is 2.87. The Morgan fingerprint density at radius 2 is 1.41 bits per heavy atom. The Labute approximate surface area is 159 Å². The Kier molecular flexibility index (Phi) is 6.00. The fourth-order valence-electron chi connectivity index (χ4n) is 2.87. The smallest absolute Gasteiger partial charge is 0.251 e. The van der Waals surface area contributed by atoms with Crippen molar-refractivity contribution in [2.24, 2.45) is 0 Å². The first kappa shape index (κ1) is 18.4. The lowest BCUT2D eigenvalue weighted by molar-refractivity contribution is -0.116. The second-order valence-corrected chi connectivity index (χ2v) is 6.37. The third-order valence-corrected chi connectivity index (χ3v) is 4.35. The standard InChI is InChI=1S/C23H22N2O2/c1-17-10-8-9-15-20(17)24-22(26)16-21(18-11-4-2-5-12-18)25-23(27)19-13-6-3-7-14-19/h2-15,21H,16H2,1H3,(H,24,26)(H,25,27). The van der Waals surface area contributed by atoms with Crippen molar-refractivity contribution in [2.75, 3.05) is 5.32 Å². The summed E-state index contributed by atoms with van der Waals surface area (Å²) in [5, 5.41) is 5.91. The molecular formula is C23H22N2O2. The SMILES string of the molecule is Cc1ccccc1NC(=O)CC(NC(=O)c1ccccc1)c1ccccc1. The maximum absolute atomic E-state index is 12.6. The number of nitrogens with one attached hydrogen (secondary N) is 2. The van der Waals surface area contributed by atoms with Crippen molar-refractivity contribution in [1.82, 2.24) is 5.32 Å². The van der Waals surface area contributed by atoms with Crippen LogP contribution in [-0.2, 0) is 4.79 Å². The molecule has 0 saturated heterocycles. The maximum atomic E-state index is 12.6. The van der Waals surface area contributed by atoms with Crippen LogP contribution in [0.25, 0.3) is 0 Å². The summed E-state index contributed by atoms with van der Waals surface area (Å²) < 4.78 is 0. The van der Waals surface area contributed by atoms with Crippen molar-refractivity contribution in [3.05, 3.63) is 102 Å². The Morgan fingerprint density at radius 1 is 0.815 bits per heavy atom. The van der Waals surface area contributed by atoms with E-state index in [0.717, 1.165) is 16.8 Å². The van der Waals surface area contributed by atoms with Gasteiger partial charge in [0.15, 0.2) is 0 Å². The molecule has 0 bridgehead atoms. The molecule has 3 rings (SSSR count). The number of rotatable bonds is 6. The molecule has 0 radical (unpaired) electrons. The number of carbonyl (C=O) groups is 2. The van der Waals surface area contributed by atoms with Crippen LogP contribution in [0.5, 0.6) is 0 Å². The number of para-hydroxylation sites is 1. The number of amides is 2. The number of anilines is 1. The summed E-state index contributed by atoms with van der Waals surface area (Å²) in [5.74, 6) is -0.348. The quantitative estimate of drug-likeness (QED) is 0.682. The van der Waals surface area contributed by atoms with E-state index in [1.54, 1.807) is 12.1 Å². The van der Waals surface area contributed by atoms with Crippen LogP contribution < -0.4 is 10.6 Å². The van der Waals surface area contributed by atoms with Crippen LogP contribution in [0, 0.1) is 6.92 Å². The fraction of sp³-hybridized carbons (Fsp3) is 0.130. The monoisotopic (exact) mass is 358 g/mol. The number of hydrogen-bond acceptors (Lipinski definition) is 2. The van der Waals surface area contributed by atoms with Gasteiger partial charge in [-0.1, -0.05) is 66.7 Å². The van der Waals surface area contributed by atoms with Gasteiger partial charge in [-0.15, -0.1) is 0 Å². The average molecular weight is 358 g/mol. The predicted octanol–water partition coefficient (Wildman–Crippen LogP) is 4.49. The van der Waals surface area contributed by atoms with Crippen LogP contribution >= 0.6 is 0 Å². The molecule has 0 heterocycles. The van der Waals surface area contributed by atoms with Crippen molar-refractivity contribution in [2.45, 2.75) is 19.4 Å². The van der Waals surface area contributed by atoms with Gasteiger partial charge in [-0.05, 0) is 36.2 Å². The lowest BCUT2D eigenvalue weighted by atomic mass is 10.0. The number of benzene rings is 3. The molecule has 0 aliphatic carbocycles. The molecule has 0 aliphatic heterocycles. The van der Waals surface area contributed by atoms with Crippen LogP contribution in [0.3, 0.4) is 0 Å². The minimum absolute atomic E-state index is 0.147. The van der Waals surface area contributed by atoms with Gasteiger partial charge in [-0.25, -0.2) is 0 Å². The summed E-state index contributed by atoms with van der Waals surface area (Å²) >= 11 is 0. The zero-order valence-electron chi connectivity index (χ0n) is 15.2. The van der Waals surface area contributed by atoms with E-state index in [-0.39, 0.29) is 18.2 Å². The molecule has 3 aromatic rings. The second-order valence-electron chi connectivity index (χ2n) is 6.37. The third-order valence-electron chi connectivity index (χ3n) is 4.35. The molecule has 3 aromatic carbocycles. The lowest BCUT2D eigenvalue weighted by Crippen LogP contribution is -2.31. The van der Waals surface area contributed by atoms with Gasteiger partial charge in [0.1, 0.15) is 0 Å². The minimum atomic E-state index is -0.414. The van der Waals surface area contributed by atoms with E-state index in [9.17, 15) is 9.59 Å². The molecule has 4 heteroatoms. The molecule has 136 valence electrons. The molecule has 0 aromatic heterocycles. The van der Waals surface area contributed by atoms with Crippen molar-refractivity contribution < 1.29 is 9.59 Å².